The number of aliphatic imine (C=N–C) groups is 1. The molecule has 57 heavy (non-hydrogen) atoms. The van der Waals surface area contributed by atoms with Gasteiger partial charge in [0.25, 0.3) is 0 Å². The fourth-order valence-corrected chi connectivity index (χ4v) is 10.3. The number of hydrogen-bond donors (Lipinski definition) is 2. The third kappa shape index (κ3) is 5.15. The van der Waals surface area contributed by atoms with Crippen LogP contribution in [-0.2, 0) is 0 Å². The number of benzene rings is 7. The number of aromatic nitrogens is 1. The molecule has 0 saturated heterocycles. The third-order valence-electron chi connectivity index (χ3n) is 11.8. The van der Waals surface area contributed by atoms with Crippen LogP contribution in [0.2, 0.25) is 0 Å². The van der Waals surface area contributed by atoms with Gasteiger partial charge in [-0.05, 0) is 42.3 Å². The van der Waals surface area contributed by atoms with Gasteiger partial charge in [-0.25, -0.2) is 4.99 Å². The maximum atomic E-state index is 7.06. The highest BCUT2D eigenvalue weighted by Gasteiger charge is 2.29. The Morgan fingerprint density at radius 2 is 1.32 bits per heavy atom. The van der Waals surface area contributed by atoms with Crippen LogP contribution in [0.5, 0.6) is 0 Å². The number of para-hydroxylation sites is 4. The van der Waals surface area contributed by atoms with Crippen molar-refractivity contribution in [1.29, 1.82) is 0 Å². The van der Waals surface area contributed by atoms with Crippen LogP contribution in [0.4, 0.5) is 0 Å². The number of hydrogen-bond acceptors (Lipinski definition) is 5. The minimum atomic E-state index is -0.193. The second kappa shape index (κ2) is 12.9. The quantitative estimate of drug-likeness (QED) is 0.184. The molecule has 10 aromatic rings. The summed E-state index contributed by atoms with van der Waals surface area (Å²) in [6.07, 6.45) is 9.65. The van der Waals surface area contributed by atoms with E-state index in [0.717, 1.165) is 56.6 Å². The first-order valence-corrected chi connectivity index (χ1v) is 20.5. The Kier molecular flexibility index (Phi) is 7.37. The zero-order valence-electron chi connectivity index (χ0n) is 30.9. The van der Waals surface area contributed by atoms with E-state index in [4.69, 9.17) is 9.41 Å². The van der Waals surface area contributed by atoms with Crippen molar-refractivity contribution in [1.82, 2.24) is 15.2 Å². The summed E-state index contributed by atoms with van der Waals surface area (Å²) in [5.41, 5.74) is 9.71. The molecule has 0 saturated carbocycles. The van der Waals surface area contributed by atoms with E-state index >= 15 is 0 Å². The molecule has 6 heteroatoms. The second-order valence-electron chi connectivity index (χ2n) is 15.1. The van der Waals surface area contributed by atoms with Gasteiger partial charge in [0.05, 0.1) is 22.9 Å². The van der Waals surface area contributed by atoms with Crippen LogP contribution in [0.3, 0.4) is 0 Å². The molecule has 2 aliphatic rings. The van der Waals surface area contributed by atoms with Crippen molar-refractivity contribution in [2.75, 3.05) is 0 Å². The molecule has 3 atom stereocenters. The summed E-state index contributed by atoms with van der Waals surface area (Å²) in [4.78, 5) is 5.26. The molecule has 3 unspecified atom stereocenters. The van der Waals surface area contributed by atoms with Crippen LogP contribution in [0, 0.1) is 5.92 Å². The van der Waals surface area contributed by atoms with Gasteiger partial charge in [-0.1, -0.05) is 146 Å². The molecule has 1 aliphatic carbocycles. The molecule has 272 valence electrons. The van der Waals surface area contributed by atoms with Crippen LogP contribution in [0.1, 0.15) is 23.7 Å². The lowest BCUT2D eigenvalue weighted by molar-refractivity contribution is 0.328. The van der Waals surface area contributed by atoms with E-state index in [0.29, 0.717) is 5.92 Å². The minimum absolute atomic E-state index is 0.0465. The summed E-state index contributed by atoms with van der Waals surface area (Å²) in [5, 5.41) is 14.8. The Morgan fingerprint density at radius 1 is 0.614 bits per heavy atom. The Morgan fingerprint density at radius 3 is 2.11 bits per heavy atom. The molecule has 2 N–H and O–H groups in total. The third-order valence-corrected chi connectivity index (χ3v) is 13.0. The average Bonchev–Trinajstić information content (AvgIpc) is 3.96. The molecule has 0 fully saturated rings. The average molecular weight is 753 g/mol. The Hall–Kier alpha value is -6.73. The fraction of sp³-hybridized carbons (Fsp3) is 0.0784. The van der Waals surface area contributed by atoms with E-state index in [1.165, 1.54) is 47.5 Å². The van der Waals surface area contributed by atoms with Gasteiger partial charge in [-0.2, -0.15) is 0 Å². The first-order chi connectivity index (χ1) is 28.3. The monoisotopic (exact) mass is 752 g/mol. The molecular weight excluding hydrogens is 717 g/mol. The summed E-state index contributed by atoms with van der Waals surface area (Å²) >= 11 is 1.85. The number of fused-ring (bicyclic) bond motifs is 9. The van der Waals surface area contributed by atoms with E-state index in [1.54, 1.807) is 0 Å². The number of furan rings is 1. The molecule has 12 rings (SSSR count). The van der Waals surface area contributed by atoms with Crippen LogP contribution >= 0.6 is 11.3 Å². The summed E-state index contributed by atoms with van der Waals surface area (Å²) in [6.45, 7) is 0. The predicted octanol–water partition coefficient (Wildman–Crippen LogP) is 12.8. The smallest absolute Gasteiger partial charge is 0.159 e. The topological polar surface area (TPSA) is 54.5 Å². The molecule has 0 amide bonds. The number of amidine groups is 1. The lowest BCUT2D eigenvalue weighted by Gasteiger charge is -2.35. The summed E-state index contributed by atoms with van der Waals surface area (Å²) < 4.78 is 11.9. The van der Waals surface area contributed by atoms with Crippen LogP contribution in [-0.4, -0.2) is 16.6 Å². The number of allylic oxidation sites excluding steroid dienone is 3. The van der Waals surface area contributed by atoms with Gasteiger partial charge < -0.3 is 14.3 Å². The van der Waals surface area contributed by atoms with E-state index in [2.05, 4.69) is 191 Å². The highest BCUT2D eigenvalue weighted by Crippen LogP contribution is 2.45. The molecule has 7 aromatic carbocycles. The Labute approximate surface area is 332 Å². The zero-order valence-corrected chi connectivity index (χ0v) is 31.7. The minimum Gasteiger partial charge on any atom is -0.453 e. The maximum absolute atomic E-state index is 7.06. The largest absolute Gasteiger partial charge is 0.453 e. The van der Waals surface area contributed by atoms with Crippen molar-refractivity contribution in [3.8, 4) is 16.8 Å². The van der Waals surface area contributed by atoms with Gasteiger partial charge >= 0.3 is 0 Å². The number of thiophene rings is 1. The molecule has 0 radical (unpaired) electrons. The van der Waals surface area contributed by atoms with Gasteiger partial charge in [0.2, 0.25) is 0 Å². The summed E-state index contributed by atoms with van der Waals surface area (Å²) in [6, 6.07) is 54.4. The molecule has 1 aliphatic heterocycles. The zero-order chi connectivity index (χ0) is 37.5. The number of nitrogens with zero attached hydrogens (tertiary/aromatic N) is 2. The van der Waals surface area contributed by atoms with Gasteiger partial charge in [-0.15, -0.1) is 11.3 Å². The van der Waals surface area contributed by atoms with Crippen molar-refractivity contribution in [3.63, 3.8) is 0 Å². The molecular formula is C51H36N4OS. The van der Waals surface area contributed by atoms with E-state index in [1.807, 2.05) is 11.3 Å². The highest BCUT2D eigenvalue weighted by molar-refractivity contribution is 7.26. The predicted molar refractivity (Wildman–Crippen MR) is 239 cm³/mol. The van der Waals surface area contributed by atoms with Crippen molar-refractivity contribution in [3.05, 3.63) is 187 Å². The SMILES string of the molecule is C1=CCC(C2NC(c3ccccc3)=NC(c3ccc4sc5c(-c6cccc7c6oc6c(-n8c9ccccc9c9ccccc98)cccc67)cccc5c4c3)N2)C=C1. The number of rotatable bonds is 5. The van der Waals surface area contributed by atoms with Gasteiger partial charge in [0.15, 0.2) is 5.58 Å². The highest BCUT2D eigenvalue weighted by atomic mass is 32.1. The molecule has 0 bridgehead atoms. The standard InChI is InChI=1S/C51H36N4OS/c1-3-14-31(15-4-1)49-52-50(32-16-5-2-6-17-32)54-51(53-49)33-28-29-45-41(30-33)40-24-12-23-39(48(40)57-45)38-21-11-20-36-37-22-13-27-44(47(37)56-46(36)38)55-42-25-9-7-18-34(42)35-19-8-10-26-43(35)55/h1-16,18-30,32,50-51,54H,17H2,(H,52,53). The molecule has 3 aromatic heterocycles. The summed E-state index contributed by atoms with van der Waals surface area (Å²) in [5.74, 6) is 1.24. The Bertz CT molecular complexity index is 3260. The van der Waals surface area contributed by atoms with Crippen LogP contribution in [0.25, 0.3) is 80.7 Å². The second-order valence-corrected chi connectivity index (χ2v) is 16.1. The van der Waals surface area contributed by atoms with Gasteiger partial charge in [-0.3, -0.25) is 5.32 Å². The normalized spacial score (nSPS) is 18.3. The van der Waals surface area contributed by atoms with E-state index < -0.39 is 0 Å². The maximum Gasteiger partial charge on any atom is 0.159 e. The van der Waals surface area contributed by atoms with E-state index in [9.17, 15) is 0 Å². The van der Waals surface area contributed by atoms with Gasteiger partial charge in [0, 0.05) is 64.3 Å². The lowest BCUT2D eigenvalue weighted by atomic mass is 9.95. The van der Waals surface area contributed by atoms with Crippen molar-refractivity contribution < 1.29 is 4.42 Å². The molecule has 0 spiro atoms. The van der Waals surface area contributed by atoms with Crippen LogP contribution in [0.15, 0.2) is 185 Å². The number of nitrogens with one attached hydrogen (secondary N) is 2. The summed E-state index contributed by atoms with van der Waals surface area (Å²) in [7, 11) is 0. The Balaban J connectivity index is 0.992. The van der Waals surface area contributed by atoms with E-state index in [-0.39, 0.29) is 12.3 Å². The van der Waals surface area contributed by atoms with Crippen molar-refractivity contribution >= 4 is 81.1 Å². The van der Waals surface area contributed by atoms with Crippen LogP contribution < -0.4 is 10.6 Å². The van der Waals surface area contributed by atoms with Crippen molar-refractivity contribution in [2.45, 2.75) is 18.8 Å². The van der Waals surface area contributed by atoms with Crippen molar-refractivity contribution in [2.24, 2.45) is 10.9 Å². The first kappa shape index (κ1) is 32.5. The molecule has 5 nitrogen and oxygen atoms in total. The van der Waals surface area contributed by atoms with Gasteiger partial charge in [0.1, 0.15) is 17.6 Å². The fourth-order valence-electron chi connectivity index (χ4n) is 9.14. The molecule has 4 heterocycles. The first-order valence-electron chi connectivity index (χ1n) is 19.6. The lowest BCUT2D eigenvalue weighted by Crippen LogP contribution is -2.54.